The van der Waals surface area contributed by atoms with Crippen LogP contribution in [0.25, 0.3) is 21.8 Å². The molecule has 0 bridgehead atoms. The largest absolute Gasteiger partial charge is 0.480 e. The van der Waals surface area contributed by atoms with E-state index in [1.165, 1.54) is 0 Å². The van der Waals surface area contributed by atoms with Crippen molar-refractivity contribution in [1.82, 2.24) is 20.6 Å². The van der Waals surface area contributed by atoms with Gasteiger partial charge in [0.2, 0.25) is 11.8 Å². The number of aliphatic carboxylic acids is 1. The number of benzene rings is 3. The Hall–Kier alpha value is -4.89. The number of aromatic amines is 2. The molecule has 0 radical (unpaired) electrons. The van der Waals surface area contributed by atoms with E-state index in [0.717, 1.165) is 38.5 Å². The van der Waals surface area contributed by atoms with E-state index in [4.69, 9.17) is 5.73 Å². The normalized spacial score (nSPS) is 13.5. The van der Waals surface area contributed by atoms with Crippen LogP contribution in [0.1, 0.15) is 16.7 Å². The zero-order valence-electron chi connectivity index (χ0n) is 21.8. The van der Waals surface area contributed by atoms with Gasteiger partial charge in [-0.1, -0.05) is 66.7 Å². The summed E-state index contributed by atoms with van der Waals surface area (Å²) in [5.41, 5.74) is 10.6. The highest BCUT2D eigenvalue weighted by Crippen LogP contribution is 2.21. The number of rotatable bonds is 11. The van der Waals surface area contributed by atoms with Gasteiger partial charge in [0, 0.05) is 47.0 Å². The fourth-order valence-electron chi connectivity index (χ4n) is 4.96. The molecule has 3 atom stereocenters. The standard InChI is InChI=1S/C31H31N5O4/c32-24(15-20-17-33-25-12-6-4-10-22(20)25)29(37)35-27(16-21-18-34-26-13-7-5-11-23(21)26)30(38)36-28(31(39)40)14-19-8-2-1-3-9-19/h1-13,17-18,24,27-28,33-34H,14-16,32H2,(H,35,37)(H,36,38)(H,39,40)/t24-,27-,28-/m0/s1. The maximum Gasteiger partial charge on any atom is 0.326 e. The molecule has 40 heavy (non-hydrogen) atoms. The number of carboxylic acid groups (broad SMARTS) is 1. The molecule has 2 amide bonds. The fraction of sp³-hybridized carbons (Fsp3) is 0.194. The van der Waals surface area contributed by atoms with Crippen molar-refractivity contribution in [2.75, 3.05) is 0 Å². The molecule has 9 heteroatoms. The topological polar surface area (TPSA) is 153 Å². The van der Waals surface area contributed by atoms with Gasteiger partial charge in [0.15, 0.2) is 0 Å². The van der Waals surface area contributed by atoms with Crippen LogP contribution >= 0.6 is 0 Å². The second-order valence-electron chi connectivity index (χ2n) is 9.88. The highest BCUT2D eigenvalue weighted by atomic mass is 16.4. The van der Waals surface area contributed by atoms with Crippen LogP contribution in [0.4, 0.5) is 0 Å². The van der Waals surface area contributed by atoms with Gasteiger partial charge in [-0.15, -0.1) is 0 Å². The van der Waals surface area contributed by atoms with Crippen molar-refractivity contribution in [1.29, 1.82) is 0 Å². The number of H-pyrrole nitrogens is 2. The quantitative estimate of drug-likeness (QED) is 0.153. The summed E-state index contributed by atoms with van der Waals surface area (Å²) in [6, 6.07) is 21.3. The molecule has 3 aromatic carbocycles. The SMILES string of the molecule is N[C@@H](Cc1c[nH]c2ccccc12)C(=O)N[C@@H](Cc1c[nH]c2ccccc12)C(=O)N[C@@H](Cc1ccccc1)C(=O)O. The molecule has 0 aliphatic heterocycles. The summed E-state index contributed by atoms with van der Waals surface area (Å²) in [4.78, 5) is 45.2. The summed E-state index contributed by atoms with van der Waals surface area (Å²) in [6.45, 7) is 0. The molecule has 204 valence electrons. The number of carboxylic acids is 1. The number of nitrogens with two attached hydrogens (primary N) is 1. The molecular weight excluding hydrogens is 506 g/mol. The Balaban J connectivity index is 1.35. The molecule has 0 spiro atoms. The highest BCUT2D eigenvalue weighted by molar-refractivity contribution is 5.93. The summed E-state index contributed by atoms with van der Waals surface area (Å²) < 4.78 is 0. The van der Waals surface area contributed by atoms with Gasteiger partial charge in [0.05, 0.1) is 6.04 Å². The summed E-state index contributed by atoms with van der Waals surface area (Å²) in [5.74, 6) is -2.26. The van der Waals surface area contributed by atoms with E-state index in [0.29, 0.717) is 0 Å². The number of aromatic nitrogens is 2. The number of carbonyl (C=O) groups excluding carboxylic acids is 2. The van der Waals surface area contributed by atoms with Crippen LogP contribution in [0.5, 0.6) is 0 Å². The zero-order chi connectivity index (χ0) is 28.1. The first-order valence-electron chi connectivity index (χ1n) is 13.1. The van der Waals surface area contributed by atoms with Crippen molar-refractivity contribution in [3.05, 3.63) is 108 Å². The van der Waals surface area contributed by atoms with Gasteiger partial charge in [-0.3, -0.25) is 9.59 Å². The minimum atomic E-state index is -1.17. The van der Waals surface area contributed by atoms with Gasteiger partial charge in [-0.05, 0) is 35.2 Å². The molecule has 0 aliphatic rings. The van der Waals surface area contributed by atoms with E-state index in [2.05, 4.69) is 20.6 Å². The van der Waals surface area contributed by atoms with Crippen molar-refractivity contribution in [3.8, 4) is 0 Å². The van der Waals surface area contributed by atoms with E-state index >= 15 is 0 Å². The van der Waals surface area contributed by atoms with E-state index in [1.54, 1.807) is 18.3 Å². The molecule has 0 fully saturated rings. The van der Waals surface area contributed by atoms with Crippen molar-refractivity contribution >= 4 is 39.6 Å². The summed E-state index contributed by atoms with van der Waals surface area (Å²) in [7, 11) is 0. The third kappa shape index (κ3) is 6.05. The third-order valence-corrected chi connectivity index (χ3v) is 7.08. The van der Waals surface area contributed by atoms with Gasteiger partial charge < -0.3 is 31.4 Å². The van der Waals surface area contributed by atoms with Crippen LogP contribution in [0, 0.1) is 0 Å². The van der Waals surface area contributed by atoms with Crippen LogP contribution in [0.2, 0.25) is 0 Å². The molecule has 5 rings (SSSR count). The van der Waals surface area contributed by atoms with Gasteiger partial charge >= 0.3 is 5.97 Å². The molecule has 2 aromatic heterocycles. The predicted octanol–water partition coefficient (Wildman–Crippen LogP) is 3.06. The maximum absolute atomic E-state index is 13.5. The van der Waals surface area contributed by atoms with Crippen molar-refractivity contribution in [2.24, 2.45) is 5.73 Å². The first-order chi connectivity index (χ1) is 19.4. The van der Waals surface area contributed by atoms with Gasteiger partial charge in [0.25, 0.3) is 0 Å². The summed E-state index contributed by atoms with van der Waals surface area (Å²) in [6.07, 6.45) is 4.15. The lowest BCUT2D eigenvalue weighted by Gasteiger charge is -2.23. The van der Waals surface area contributed by atoms with E-state index < -0.39 is 35.9 Å². The second kappa shape index (κ2) is 11.9. The molecule has 2 heterocycles. The Kier molecular flexibility index (Phi) is 7.93. The number of para-hydroxylation sites is 2. The summed E-state index contributed by atoms with van der Waals surface area (Å²) in [5, 5.41) is 17.1. The Morgan fingerprint density at radius 3 is 1.80 bits per heavy atom. The van der Waals surface area contributed by atoms with Crippen LogP contribution in [-0.2, 0) is 33.6 Å². The Bertz CT molecular complexity index is 1640. The van der Waals surface area contributed by atoms with Crippen LogP contribution in [0.3, 0.4) is 0 Å². The lowest BCUT2D eigenvalue weighted by atomic mass is 10.0. The minimum Gasteiger partial charge on any atom is -0.480 e. The predicted molar refractivity (Wildman–Crippen MR) is 154 cm³/mol. The van der Waals surface area contributed by atoms with E-state index in [9.17, 15) is 19.5 Å². The lowest BCUT2D eigenvalue weighted by Crippen LogP contribution is -2.55. The summed E-state index contributed by atoms with van der Waals surface area (Å²) >= 11 is 0. The van der Waals surface area contributed by atoms with Crippen LogP contribution < -0.4 is 16.4 Å². The van der Waals surface area contributed by atoms with Gasteiger partial charge in [-0.25, -0.2) is 4.79 Å². The first-order valence-corrected chi connectivity index (χ1v) is 13.1. The van der Waals surface area contributed by atoms with Crippen molar-refractivity contribution < 1.29 is 19.5 Å². The maximum atomic E-state index is 13.5. The molecule has 0 saturated carbocycles. The number of amides is 2. The minimum absolute atomic E-state index is 0.107. The Labute approximate surface area is 230 Å². The Morgan fingerprint density at radius 2 is 1.20 bits per heavy atom. The first kappa shape index (κ1) is 26.7. The van der Waals surface area contributed by atoms with Crippen molar-refractivity contribution in [3.63, 3.8) is 0 Å². The molecular formula is C31H31N5O4. The fourth-order valence-corrected chi connectivity index (χ4v) is 4.96. The molecule has 0 saturated heterocycles. The Morgan fingerprint density at radius 1 is 0.675 bits per heavy atom. The molecule has 9 nitrogen and oxygen atoms in total. The zero-order valence-corrected chi connectivity index (χ0v) is 21.8. The van der Waals surface area contributed by atoms with E-state index in [-0.39, 0.29) is 19.3 Å². The molecule has 0 aliphatic carbocycles. The van der Waals surface area contributed by atoms with Gasteiger partial charge in [0.1, 0.15) is 12.1 Å². The number of carbonyl (C=O) groups is 3. The smallest absolute Gasteiger partial charge is 0.326 e. The third-order valence-electron chi connectivity index (χ3n) is 7.08. The number of hydrogen-bond acceptors (Lipinski definition) is 4. The highest BCUT2D eigenvalue weighted by Gasteiger charge is 2.29. The number of fused-ring (bicyclic) bond motifs is 2. The molecule has 5 aromatic rings. The lowest BCUT2D eigenvalue weighted by molar-refractivity contribution is -0.142. The van der Waals surface area contributed by atoms with Crippen LogP contribution in [0.15, 0.2) is 91.3 Å². The second-order valence-corrected chi connectivity index (χ2v) is 9.88. The molecule has 0 unspecified atom stereocenters. The number of nitrogens with one attached hydrogen (secondary N) is 4. The van der Waals surface area contributed by atoms with E-state index in [1.807, 2.05) is 72.9 Å². The molecule has 7 N–H and O–H groups in total. The van der Waals surface area contributed by atoms with Gasteiger partial charge in [-0.2, -0.15) is 0 Å². The average Bonchev–Trinajstić information content (AvgIpc) is 3.57. The van der Waals surface area contributed by atoms with Crippen molar-refractivity contribution in [2.45, 2.75) is 37.4 Å². The van der Waals surface area contributed by atoms with Crippen LogP contribution in [-0.4, -0.2) is 51.0 Å². The average molecular weight is 538 g/mol. The monoisotopic (exact) mass is 537 g/mol. The number of hydrogen-bond donors (Lipinski definition) is 6.